The van der Waals surface area contributed by atoms with E-state index in [1.165, 1.54) is 12.5 Å². The maximum absolute atomic E-state index is 12.5. The van der Waals surface area contributed by atoms with Crippen LogP contribution in [0.2, 0.25) is 0 Å². The molecule has 0 spiro atoms. The Hall–Kier alpha value is -1.92. The minimum absolute atomic E-state index is 0.0435. The summed E-state index contributed by atoms with van der Waals surface area (Å²) in [6.45, 7) is 8.21. The molecule has 0 aromatic heterocycles. The van der Waals surface area contributed by atoms with Crippen molar-refractivity contribution in [2.45, 2.75) is 32.7 Å². The molecule has 2 aliphatic heterocycles. The van der Waals surface area contributed by atoms with E-state index in [0.717, 1.165) is 64.3 Å². The molecule has 1 aromatic rings. The fraction of sp³-hybridized carbons (Fsp3) is 0.619. The molecule has 27 heavy (non-hydrogen) atoms. The molecule has 1 aromatic carbocycles. The lowest BCUT2D eigenvalue weighted by Gasteiger charge is -2.35. The van der Waals surface area contributed by atoms with Crippen LogP contribution < -0.4 is 5.32 Å². The average Bonchev–Trinajstić information content (AvgIpc) is 2.63. The van der Waals surface area contributed by atoms with Crippen LogP contribution in [-0.2, 0) is 16.1 Å². The van der Waals surface area contributed by atoms with E-state index < -0.39 is 0 Å². The van der Waals surface area contributed by atoms with Crippen LogP contribution in [0.1, 0.15) is 31.7 Å². The van der Waals surface area contributed by atoms with E-state index in [9.17, 15) is 9.59 Å². The number of piperazine rings is 1. The van der Waals surface area contributed by atoms with E-state index in [2.05, 4.69) is 28.2 Å². The summed E-state index contributed by atoms with van der Waals surface area (Å²) < 4.78 is 0. The van der Waals surface area contributed by atoms with Crippen molar-refractivity contribution in [2.24, 2.45) is 5.92 Å². The number of hydrogen-bond acceptors (Lipinski definition) is 4. The molecule has 2 amide bonds. The molecule has 6 heteroatoms. The first-order chi connectivity index (χ1) is 13.0. The fourth-order valence-electron chi connectivity index (χ4n) is 3.99. The number of anilines is 1. The first-order valence-electron chi connectivity index (χ1n) is 10.0. The van der Waals surface area contributed by atoms with Crippen molar-refractivity contribution in [3.8, 4) is 0 Å². The number of carbonyl (C=O) groups excluding carboxylic acids is 2. The number of likely N-dealkylation sites (N-methyl/N-ethyl adjacent to an activating group) is 1. The predicted molar refractivity (Wildman–Crippen MR) is 107 cm³/mol. The van der Waals surface area contributed by atoms with Crippen molar-refractivity contribution in [1.29, 1.82) is 0 Å². The van der Waals surface area contributed by atoms with Crippen LogP contribution in [0.4, 0.5) is 5.69 Å². The SMILES string of the molecule is CC(=O)Nc1cccc(CN2CCC(CC(=O)N3CCN(C)CC3)CC2)c1. The van der Waals surface area contributed by atoms with Gasteiger partial charge in [0.15, 0.2) is 0 Å². The van der Waals surface area contributed by atoms with Gasteiger partial charge in [0.05, 0.1) is 0 Å². The van der Waals surface area contributed by atoms with Gasteiger partial charge in [-0.25, -0.2) is 0 Å². The molecule has 2 heterocycles. The van der Waals surface area contributed by atoms with Crippen LogP contribution in [0.3, 0.4) is 0 Å². The van der Waals surface area contributed by atoms with Crippen LogP contribution in [0, 0.1) is 5.92 Å². The summed E-state index contributed by atoms with van der Waals surface area (Å²) in [5.41, 5.74) is 2.07. The molecule has 0 unspecified atom stereocenters. The monoisotopic (exact) mass is 372 g/mol. The van der Waals surface area contributed by atoms with Gasteiger partial charge in [0.25, 0.3) is 0 Å². The molecule has 1 N–H and O–H groups in total. The molecule has 0 saturated carbocycles. The van der Waals surface area contributed by atoms with Gasteiger partial charge in [0.1, 0.15) is 0 Å². The number of rotatable bonds is 5. The maximum atomic E-state index is 12.5. The third-order valence-corrected chi connectivity index (χ3v) is 5.68. The topological polar surface area (TPSA) is 55.9 Å². The van der Waals surface area contributed by atoms with Gasteiger partial charge < -0.3 is 15.1 Å². The number of likely N-dealkylation sites (tertiary alicyclic amines) is 1. The standard InChI is InChI=1S/C21H32N4O2/c1-17(26)22-20-5-3-4-19(14-20)16-24-8-6-18(7-9-24)15-21(27)25-12-10-23(2)11-13-25/h3-5,14,18H,6-13,15-16H2,1-2H3,(H,22,26). The third kappa shape index (κ3) is 6.04. The second-order valence-electron chi connectivity index (χ2n) is 7.99. The highest BCUT2D eigenvalue weighted by molar-refractivity contribution is 5.88. The Morgan fingerprint density at radius 3 is 2.44 bits per heavy atom. The summed E-state index contributed by atoms with van der Waals surface area (Å²) in [7, 11) is 2.11. The van der Waals surface area contributed by atoms with Gasteiger partial charge in [-0.1, -0.05) is 12.1 Å². The lowest BCUT2D eigenvalue weighted by molar-refractivity contribution is -0.134. The summed E-state index contributed by atoms with van der Waals surface area (Å²) in [6, 6.07) is 8.06. The first-order valence-corrected chi connectivity index (χ1v) is 10.0. The van der Waals surface area contributed by atoms with E-state index in [-0.39, 0.29) is 5.91 Å². The number of carbonyl (C=O) groups is 2. The van der Waals surface area contributed by atoms with Crippen molar-refractivity contribution < 1.29 is 9.59 Å². The second kappa shape index (κ2) is 9.33. The van der Waals surface area contributed by atoms with Crippen LogP contribution in [0.25, 0.3) is 0 Å². The molecule has 2 aliphatic rings. The summed E-state index contributed by atoms with van der Waals surface area (Å²) in [6.07, 6.45) is 2.88. The van der Waals surface area contributed by atoms with Gasteiger partial charge in [-0.15, -0.1) is 0 Å². The number of nitrogens with zero attached hydrogens (tertiary/aromatic N) is 3. The second-order valence-corrected chi connectivity index (χ2v) is 7.99. The summed E-state index contributed by atoms with van der Waals surface area (Å²) in [5.74, 6) is 0.807. The number of nitrogens with one attached hydrogen (secondary N) is 1. The number of hydrogen-bond donors (Lipinski definition) is 1. The van der Waals surface area contributed by atoms with Crippen LogP contribution >= 0.6 is 0 Å². The van der Waals surface area contributed by atoms with Gasteiger partial charge in [-0.2, -0.15) is 0 Å². The Kier molecular flexibility index (Phi) is 6.85. The fourth-order valence-corrected chi connectivity index (χ4v) is 3.99. The third-order valence-electron chi connectivity index (χ3n) is 5.68. The van der Waals surface area contributed by atoms with E-state index in [1.807, 2.05) is 23.1 Å². The van der Waals surface area contributed by atoms with Crippen molar-refractivity contribution in [3.05, 3.63) is 29.8 Å². The van der Waals surface area contributed by atoms with Crippen molar-refractivity contribution >= 4 is 17.5 Å². The molecule has 3 rings (SSSR count). The number of amides is 2. The van der Waals surface area contributed by atoms with E-state index in [1.54, 1.807) is 0 Å². The normalized spacial score (nSPS) is 19.9. The zero-order valence-electron chi connectivity index (χ0n) is 16.6. The van der Waals surface area contributed by atoms with Gasteiger partial charge in [-0.3, -0.25) is 14.5 Å². The van der Waals surface area contributed by atoms with Crippen LogP contribution in [0.15, 0.2) is 24.3 Å². The lowest BCUT2D eigenvalue weighted by atomic mass is 9.92. The van der Waals surface area contributed by atoms with Crippen LogP contribution in [0.5, 0.6) is 0 Å². The number of benzene rings is 1. The van der Waals surface area contributed by atoms with Gasteiger partial charge >= 0.3 is 0 Å². The Labute approximate surface area is 162 Å². The van der Waals surface area contributed by atoms with Gasteiger partial charge in [0.2, 0.25) is 11.8 Å². The van der Waals surface area contributed by atoms with Crippen molar-refractivity contribution in [2.75, 3.05) is 51.6 Å². The molecule has 0 aliphatic carbocycles. The van der Waals surface area contributed by atoms with Crippen molar-refractivity contribution in [3.63, 3.8) is 0 Å². The zero-order valence-corrected chi connectivity index (χ0v) is 16.6. The summed E-state index contributed by atoms with van der Waals surface area (Å²) >= 11 is 0. The molecular weight excluding hydrogens is 340 g/mol. The smallest absolute Gasteiger partial charge is 0.222 e. The van der Waals surface area contributed by atoms with Gasteiger partial charge in [-0.05, 0) is 56.6 Å². The molecule has 0 radical (unpaired) electrons. The Balaban J connectivity index is 1.42. The van der Waals surface area contributed by atoms with Crippen LogP contribution in [-0.4, -0.2) is 72.8 Å². The van der Waals surface area contributed by atoms with E-state index in [0.29, 0.717) is 18.2 Å². The highest BCUT2D eigenvalue weighted by Gasteiger charge is 2.25. The Morgan fingerprint density at radius 1 is 1.07 bits per heavy atom. The largest absolute Gasteiger partial charge is 0.340 e. The molecular formula is C21H32N4O2. The average molecular weight is 373 g/mol. The van der Waals surface area contributed by atoms with E-state index >= 15 is 0 Å². The van der Waals surface area contributed by atoms with Crippen molar-refractivity contribution in [1.82, 2.24) is 14.7 Å². The first kappa shape index (κ1) is 19.8. The van der Waals surface area contributed by atoms with E-state index in [4.69, 9.17) is 0 Å². The Morgan fingerprint density at radius 2 is 1.78 bits per heavy atom. The molecule has 0 atom stereocenters. The lowest BCUT2D eigenvalue weighted by Crippen LogP contribution is -2.47. The highest BCUT2D eigenvalue weighted by atomic mass is 16.2. The quantitative estimate of drug-likeness (QED) is 0.859. The predicted octanol–water partition coefficient (Wildman–Crippen LogP) is 2.02. The number of piperidine rings is 1. The minimum Gasteiger partial charge on any atom is -0.340 e. The molecule has 2 saturated heterocycles. The van der Waals surface area contributed by atoms with Gasteiger partial charge in [0, 0.05) is 51.8 Å². The summed E-state index contributed by atoms with van der Waals surface area (Å²) in [4.78, 5) is 30.5. The molecule has 148 valence electrons. The highest BCUT2D eigenvalue weighted by Crippen LogP contribution is 2.23. The summed E-state index contributed by atoms with van der Waals surface area (Å²) in [5, 5.41) is 2.84. The Bertz CT molecular complexity index is 647. The zero-order chi connectivity index (χ0) is 19.2. The molecule has 6 nitrogen and oxygen atoms in total. The molecule has 0 bridgehead atoms. The minimum atomic E-state index is -0.0435. The maximum Gasteiger partial charge on any atom is 0.222 e. The molecule has 2 fully saturated rings.